The van der Waals surface area contributed by atoms with E-state index in [-0.39, 0.29) is 0 Å². The van der Waals surface area contributed by atoms with Gasteiger partial charge in [0.25, 0.3) is 0 Å². The standard InChI is InChI=1S/C11H16N4O/c1-2-13-11(7-12-1)15-5-3-14(4-6-15)10-8-16-9-10/h1-2,7,10H,3-6,8-9H2. The molecule has 5 heteroatoms. The van der Waals surface area contributed by atoms with Crippen molar-refractivity contribution >= 4 is 5.82 Å². The Hall–Kier alpha value is -1.20. The molecule has 3 heterocycles. The number of rotatable bonds is 2. The van der Waals surface area contributed by atoms with Crippen LogP contribution in [0.1, 0.15) is 0 Å². The maximum Gasteiger partial charge on any atom is 0.147 e. The van der Waals surface area contributed by atoms with Crippen LogP contribution in [0.3, 0.4) is 0 Å². The average molecular weight is 220 g/mol. The molecule has 0 aromatic carbocycles. The van der Waals surface area contributed by atoms with Gasteiger partial charge in [0.1, 0.15) is 5.82 Å². The molecule has 3 rings (SSSR count). The molecule has 2 aliphatic rings. The van der Waals surface area contributed by atoms with Crippen LogP contribution < -0.4 is 4.90 Å². The first kappa shape index (κ1) is 9.99. The van der Waals surface area contributed by atoms with Crippen molar-refractivity contribution in [1.82, 2.24) is 14.9 Å². The van der Waals surface area contributed by atoms with E-state index < -0.39 is 0 Å². The third-order valence-electron chi connectivity index (χ3n) is 3.32. The molecule has 2 aliphatic heterocycles. The molecular formula is C11H16N4O. The Morgan fingerprint density at radius 1 is 1.12 bits per heavy atom. The Morgan fingerprint density at radius 3 is 2.50 bits per heavy atom. The van der Waals surface area contributed by atoms with Gasteiger partial charge in [-0.1, -0.05) is 0 Å². The summed E-state index contributed by atoms with van der Waals surface area (Å²) in [4.78, 5) is 13.2. The zero-order valence-electron chi connectivity index (χ0n) is 9.25. The third-order valence-corrected chi connectivity index (χ3v) is 3.32. The van der Waals surface area contributed by atoms with Crippen molar-refractivity contribution in [2.75, 3.05) is 44.3 Å². The normalized spacial score (nSPS) is 23.1. The van der Waals surface area contributed by atoms with Crippen molar-refractivity contribution in [3.8, 4) is 0 Å². The summed E-state index contributed by atoms with van der Waals surface area (Å²) in [7, 11) is 0. The van der Waals surface area contributed by atoms with Crippen LogP contribution in [0.2, 0.25) is 0 Å². The largest absolute Gasteiger partial charge is 0.378 e. The van der Waals surface area contributed by atoms with Gasteiger partial charge in [-0.3, -0.25) is 9.88 Å². The minimum Gasteiger partial charge on any atom is -0.378 e. The first-order chi connectivity index (χ1) is 7.93. The van der Waals surface area contributed by atoms with E-state index in [9.17, 15) is 0 Å². The van der Waals surface area contributed by atoms with Crippen LogP contribution in [0.5, 0.6) is 0 Å². The molecule has 0 aliphatic carbocycles. The van der Waals surface area contributed by atoms with Crippen LogP contribution in [0.15, 0.2) is 18.6 Å². The minimum absolute atomic E-state index is 0.656. The van der Waals surface area contributed by atoms with E-state index in [0.29, 0.717) is 6.04 Å². The molecule has 1 aromatic heterocycles. The molecule has 0 radical (unpaired) electrons. The van der Waals surface area contributed by atoms with Crippen LogP contribution in [0, 0.1) is 0 Å². The minimum atomic E-state index is 0.656. The first-order valence-corrected chi connectivity index (χ1v) is 5.76. The molecule has 0 amide bonds. The summed E-state index contributed by atoms with van der Waals surface area (Å²) in [6, 6.07) is 0.656. The van der Waals surface area contributed by atoms with Crippen LogP contribution >= 0.6 is 0 Å². The SMILES string of the molecule is c1cnc(N2CCN(C3COC3)CC2)cn1. The smallest absolute Gasteiger partial charge is 0.147 e. The fraction of sp³-hybridized carbons (Fsp3) is 0.636. The highest BCUT2D eigenvalue weighted by atomic mass is 16.5. The Balaban J connectivity index is 1.58. The lowest BCUT2D eigenvalue weighted by atomic mass is 10.2. The average Bonchev–Trinajstić information content (AvgIpc) is 2.29. The molecule has 16 heavy (non-hydrogen) atoms. The highest BCUT2D eigenvalue weighted by molar-refractivity contribution is 5.35. The number of aromatic nitrogens is 2. The monoisotopic (exact) mass is 220 g/mol. The molecule has 5 nitrogen and oxygen atoms in total. The zero-order chi connectivity index (χ0) is 10.8. The summed E-state index contributed by atoms with van der Waals surface area (Å²) in [5.74, 6) is 0.993. The van der Waals surface area contributed by atoms with Gasteiger partial charge in [0.2, 0.25) is 0 Å². The van der Waals surface area contributed by atoms with Crippen molar-refractivity contribution in [2.45, 2.75) is 6.04 Å². The lowest BCUT2D eigenvalue weighted by Gasteiger charge is -2.42. The summed E-state index contributed by atoms with van der Waals surface area (Å²) >= 11 is 0. The second kappa shape index (κ2) is 4.35. The van der Waals surface area contributed by atoms with Gasteiger partial charge in [0, 0.05) is 38.6 Å². The second-order valence-electron chi connectivity index (χ2n) is 4.28. The molecule has 0 N–H and O–H groups in total. The summed E-state index contributed by atoms with van der Waals surface area (Å²) in [5, 5.41) is 0. The summed E-state index contributed by atoms with van der Waals surface area (Å²) in [6.07, 6.45) is 5.30. The van der Waals surface area contributed by atoms with Crippen LogP contribution in [-0.2, 0) is 4.74 Å². The van der Waals surface area contributed by atoms with E-state index in [1.807, 2.05) is 6.20 Å². The Morgan fingerprint density at radius 2 is 1.94 bits per heavy atom. The van der Waals surface area contributed by atoms with Gasteiger partial charge in [0.15, 0.2) is 0 Å². The highest BCUT2D eigenvalue weighted by Crippen LogP contribution is 2.16. The Labute approximate surface area is 95.0 Å². The molecular weight excluding hydrogens is 204 g/mol. The lowest BCUT2D eigenvalue weighted by molar-refractivity contribution is -0.0661. The Kier molecular flexibility index (Phi) is 2.71. The number of nitrogens with zero attached hydrogens (tertiary/aromatic N) is 4. The number of piperazine rings is 1. The van der Waals surface area contributed by atoms with Crippen LogP contribution in [0.25, 0.3) is 0 Å². The van der Waals surface area contributed by atoms with Crippen molar-refractivity contribution in [1.29, 1.82) is 0 Å². The van der Waals surface area contributed by atoms with Crippen molar-refractivity contribution in [2.24, 2.45) is 0 Å². The molecule has 1 aromatic rings. The van der Waals surface area contributed by atoms with Gasteiger partial charge in [-0.15, -0.1) is 0 Å². The first-order valence-electron chi connectivity index (χ1n) is 5.76. The van der Waals surface area contributed by atoms with Gasteiger partial charge in [-0.2, -0.15) is 0 Å². The van der Waals surface area contributed by atoms with Crippen molar-refractivity contribution < 1.29 is 4.74 Å². The molecule has 0 unspecified atom stereocenters. The van der Waals surface area contributed by atoms with E-state index in [1.165, 1.54) is 0 Å². The van der Waals surface area contributed by atoms with E-state index >= 15 is 0 Å². The molecule has 0 bridgehead atoms. The molecule has 0 saturated carbocycles. The molecule has 86 valence electrons. The summed E-state index contributed by atoms with van der Waals surface area (Å²) in [6.45, 7) is 6.09. The molecule has 0 atom stereocenters. The van der Waals surface area contributed by atoms with Crippen molar-refractivity contribution in [3.63, 3.8) is 0 Å². The van der Waals surface area contributed by atoms with Crippen LogP contribution in [0.4, 0.5) is 5.82 Å². The second-order valence-corrected chi connectivity index (χ2v) is 4.28. The van der Waals surface area contributed by atoms with Gasteiger partial charge in [0.05, 0.1) is 25.5 Å². The van der Waals surface area contributed by atoms with Gasteiger partial charge in [-0.05, 0) is 0 Å². The Bertz CT molecular complexity index is 333. The molecule has 2 saturated heterocycles. The predicted molar refractivity (Wildman–Crippen MR) is 60.4 cm³/mol. The quantitative estimate of drug-likeness (QED) is 0.701. The van der Waals surface area contributed by atoms with Crippen LogP contribution in [-0.4, -0.2) is 60.3 Å². The fourth-order valence-corrected chi connectivity index (χ4v) is 2.20. The third kappa shape index (κ3) is 1.88. The summed E-state index contributed by atoms with van der Waals surface area (Å²) < 4.78 is 5.22. The maximum atomic E-state index is 5.22. The highest BCUT2D eigenvalue weighted by Gasteiger charge is 2.28. The van der Waals surface area contributed by atoms with E-state index in [1.54, 1.807) is 12.4 Å². The van der Waals surface area contributed by atoms with Gasteiger partial charge >= 0.3 is 0 Å². The van der Waals surface area contributed by atoms with Crippen molar-refractivity contribution in [3.05, 3.63) is 18.6 Å². The zero-order valence-corrected chi connectivity index (χ0v) is 9.25. The number of hydrogen-bond acceptors (Lipinski definition) is 5. The van der Waals surface area contributed by atoms with Gasteiger partial charge in [-0.25, -0.2) is 4.98 Å². The summed E-state index contributed by atoms with van der Waals surface area (Å²) in [5.41, 5.74) is 0. The topological polar surface area (TPSA) is 41.5 Å². The maximum absolute atomic E-state index is 5.22. The van der Waals surface area contributed by atoms with Gasteiger partial charge < -0.3 is 9.64 Å². The molecule has 2 fully saturated rings. The van der Waals surface area contributed by atoms with E-state index in [2.05, 4.69) is 19.8 Å². The number of ether oxygens (including phenoxy) is 1. The molecule has 0 spiro atoms. The van der Waals surface area contributed by atoms with E-state index in [0.717, 1.165) is 45.2 Å². The predicted octanol–water partition coefficient (Wildman–Crippen LogP) is -0.00260. The fourth-order valence-electron chi connectivity index (χ4n) is 2.20. The number of anilines is 1. The van der Waals surface area contributed by atoms with E-state index in [4.69, 9.17) is 4.74 Å². The number of hydrogen-bond donors (Lipinski definition) is 0. The lowest BCUT2D eigenvalue weighted by Crippen LogP contribution is -2.56.